The zero-order valence-electron chi connectivity index (χ0n) is 22.0. The summed E-state index contributed by atoms with van der Waals surface area (Å²) in [5, 5.41) is 2.61. The Labute approximate surface area is 224 Å². The molecule has 1 aromatic carbocycles. The number of anilines is 1. The zero-order chi connectivity index (χ0) is 28.6. The molecule has 0 unspecified atom stereocenters. The van der Waals surface area contributed by atoms with Gasteiger partial charge in [0.2, 0.25) is 12.3 Å². The van der Waals surface area contributed by atoms with Crippen molar-refractivity contribution in [2.45, 2.75) is 45.8 Å². The highest BCUT2D eigenvalue weighted by molar-refractivity contribution is 6.01. The van der Waals surface area contributed by atoms with Gasteiger partial charge in [-0.2, -0.15) is 0 Å². The van der Waals surface area contributed by atoms with E-state index < -0.39 is 43.0 Å². The molecule has 0 spiro atoms. The number of aromatic nitrogens is 3. The second-order valence-corrected chi connectivity index (χ2v) is 9.49. The molecule has 0 fully saturated rings. The third-order valence-electron chi connectivity index (χ3n) is 5.17. The monoisotopic (exact) mass is 541 g/mol. The van der Waals surface area contributed by atoms with Gasteiger partial charge >= 0.3 is 12.1 Å². The van der Waals surface area contributed by atoms with Gasteiger partial charge < -0.3 is 14.8 Å². The van der Waals surface area contributed by atoms with Crippen LogP contribution in [-0.4, -0.2) is 63.5 Å². The number of hydrogen-bond donors (Lipinski definition) is 1. The molecule has 1 N–H and O–H groups in total. The maximum Gasteiger partial charge on any atom is 0.411 e. The van der Waals surface area contributed by atoms with E-state index >= 15 is 0 Å². The van der Waals surface area contributed by atoms with E-state index in [1.807, 2.05) is 0 Å². The van der Waals surface area contributed by atoms with E-state index in [4.69, 9.17) is 9.47 Å². The molecule has 0 aliphatic heterocycles. The van der Waals surface area contributed by atoms with E-state index in [1.54, 1.807) is 51.1 Å². The quantitative estimate of drug-likeness (QED) is 0.393. The molecule has 0 aliphatic rings. The molecule has 0 radical (unpaired) electrons. The van der Waals surface area contributed by atoms with E-state index in [0.29, 0.717) is 22.4 Å². The van der Waals surface area contributed by atoms with Gasteiger partial charge in [0.15, 0.2) is 5.69 Å². The van der Waals surface area contributed by atoms with Crippen LogP contribution in [0.4, 0.5) is 19.3 Å². The number of pyridine rings is 1. The zero-order valence-corrected chi connectivity index (χ0v) is 22.0. The molecule has 0 atom stereocenters. The van der Waals surface area contributed by atoms with E-state index in [-0.39, 0.29) is 17.9 Å². The van der Waals surface area contributed by atoms with Crippen molar-refractivity contribution in [2.24, 2.45) is 0 Å². The number of amides is 2. The number of hydrogen-bond acceptors (Lipinski definition) is 8. The molecule has 2 aromatic heterocycles. The second kappa shape index (κ2) is 12.9. The SMILES string of the molecule is COC(=O)c1ncc(-c2cccc(CC(F)F)c2)cc1NC(=O)CN(Cc1ccncn1)C(=O)OC(C)(C)C. The van der Waals surface area contributed by atoms with Crippen LogP contribution in [0.25, 0.3) is 11.1 Å². The number of rotatable bonds is 9. The van der Waals surface area contributed by atoms with E-state index in [9.17, 15) is 23.2 Å². The summed E-state index contributed by atoms with van der Waals surface area (Å²) >= 11 is 0. The summed E-state index contributed by atoms with van der Waals surface area (Å²) in [5.41, 5.74) is 0.972. The van der Waals surface area contributed by atoms with Crippen LogP contribution in [0.3, 0.4) is 0 Å². The summed E-state index contributed by atoms with van der Waals surface area (Å²) in [6.45, 7) is 4.62. The summed E-state index contributed by atoms with van der Waals surface area (Å²) in [6.07, 6.45) is 0.533. The Morgan fingerprint density at radius 1 is 1.08 bits per heavy atom. The topological polar surface area (TPSA) is 124 Å². The van der Waals surface area contributed by atoms with Crippen LogP contribution >= 0.6 is 0 Å². The van der Waals surface area contributed by atoms with Gasteiger partial charge in [-0.05, 0) is 44.0 Å². The van der Waals surface area contributed by atoms with Gasteiger partial charge in [0.25, 0.3) is 0 Å². The van der Waals surface area contributed by atoms with Gasteiger partial charge in [0, 0.05) is 24.4 Å². The molecule has 10 nitrogen and oxygen atoms in total. The smallest absolute Gasteiger partial charge is 0.411 e. The van der Waals surface area contributed by atoms with Gasteiger partial charge in [-0.1, -0.05) is 24.3 Å². The predicted octanol–water partition coefficient (Wildman–Crippen LogP) is 4.51. The Hall–Kier alpha value is -4.48. The molecule has 12 heteroatoms. The average molecular weight is 542 g/mol. The van der Waals surface area contributed by atoms with Gasteiger partial charge in [-0.3, -0.25) is 9.69 Å². The van der Waals surface area contributed by atoms with Crippen LogP contribution in [-0.2, 0) is 27.2 Å². The summed E-state index contributed by atoms with van der Waals surface area (Å²) in [4.78, 5) is 51.6. The van der Waals surface area contributed by atoms with Gasteiger partial charge in [0.1, 0.15) is 18.5 Å². The number of alkyl halides is 2. The molecule has 0 bridgehead atoms. The lowest BCUT2D eigenvalue weighted by atomic mass is 10.0. The minimum absolute atomic E-state index is 0.0230. The number of methoxy groups -OCH3 is 1. The van der Waals surface area contributed by atoms with E-state index in [2.05, 4.69) is 20.3 Å². The van der Waals surface area contributed by atoms with Crippen molar-refractivity contribution in [2.75, 3.05) is 19.0 Å². The molecular formula is C27H29F2N5O5. The first-order chi connectivity index (χ1) is 18.4. The van der Waals surface area contributed by atoms with Crippen LogP contribution in [0.2, 0.25) is 0 Å². The summed E-state index contributed by atoms with van der Waals surface area (Å²) in [5.74, 6) is -1.45. The maximum atomic E-state index is 13.1. The number of benzene rings is 1. The molecule has 39 heavy (non-hydrogen) atoms. The molecule has 2 amide bonds. The lowest BCUT2D eigenvalue weighted by Crippen LogP contribution is -2.41. The largest absolute Gasteiger partial charge is 0.464 e. The van der Waals surface area contributed by atoms with Crippen LogP contribution < -0.4 is 5.32 Å². The normalized spacial score (nSPS) is 11.2. The molecule has 0 saturated heterocycles. The highest BCUT2D eigenvalue weighted by Crippen LogP contribution is 2.26. The first-order valence-electron chi connectivity index (χ1n) is 11.9. The minimum atomic E-state index is -2.51. The van der Waals surface area contributed by atoms with Crippen molar-refractivity contribution < 1.29 is 32.6 Å². The fraction of sp³-hybridized carbons (Fsp3) is 0.333. The summed E-state index contributed by atoms with van der Waals surface area (Å²) < 4.78 is 36.0. The first-order valence-corrected chi connectivity index (χ1v) is 11.9. The number of nitrogens with zero attached hydrogens (tertiary/aromatic N) is 4. The molecule has 0 saturated carbocycles. The molecule has 206 valence electrons. The minimum Gasteiger partial charge on any atom is -0.464 e. The Balaban J connectivity index is 1.89. The molecule has 3 aromatic rings. The number of halogens is 2. The average Bonchev–Trinajstić information content (AvgIpc) is 2.87. The summed E-state index contributed by atoms with van der Waals surface area (Å²) in [6, 6.07) is 9.57. The van der Waals surface area contributed by atoms with Crippen molar-refractivity contribution >= 4 is 23.7 Å². The number of nitrogens with one attached hydrogen (secondary N) is 1. The number of ether oxygens (including phenoxy) is 2. The Morgan fingerprint density at radius 3 is 2.49 bits per heavy atom. The lowest BCUT2D eigenvalue weighted by molar-refractivity contribution is -0.117. The van der Waals surface area contributed by atoms with Crippen molar-refractivity contribution in [1.82, 2.24) is 19.9 Å². The van der Waals surface area contributed by atoms with Gasteiger partial charge in [-0.25, -0.2) is 33.3 Å². The Bertz CT molecular complexity index is 1320. The Morgan fingerprint density at radius 2 is 1.85 bits per heavy atom. The lowest BCUT2D eigenvalue weighted by Gasteiger charge is -2.27. The third-order valence-corrected chi connectivity index (χ3v) is 5.17. The van der Waals surface area contributed by atoms with Crippen LogP contribution in [0.15, 0.2) is 55.1 Å². The number of carbonyl (C=O) groups excluding carboxylic acids is 3. The second-order valence-electron chi connectivity index (χ2n) is 9.49. The van der Waals surface area contributed by atoms with Crippen LogP contribution in [0, 0.1) is 0 Å². The Kier molecular flexibility index (Phi) is 9.58. The highest BCUT2D eigenvalue weighted by atomic mass is 19.3. The highest BCUT2D eigenvalue weighted by Gasteiger charge is 2.26. The standard InChI is InChI=1S/C27H29F2N5O5/c1-27(2,3)39-26(37)34(14-20-8-9-30-16-32-20)15-23(35)33-21-12-19(13-31-24(21)25(36)38-4)18-7-5-6-17(10-18)11-22(28)29/h5-10,12-13,16,22H,11,14-15H2,1-4H3,(H,33,35). The molecule has 3 rings (SSSR count). The van der Waals surface area contributed by atoms with Crippen molar-refractivity contribution in [3.63, 3.8) is 0 Å². The van der Waals surface area contributed by atoms with Crippen LogP contribution in [0.5, 0.6) is 0 Å². The van der Waals surface area contributed by atoms with Gasteiger partial charge in [-0.15, -0.1) is 0 Å². The number of esters is 1. The fourth-order valence-electron chi connectivity index (χ4n) is 3.52. The third kappa shape index (κ3) is 8.80. The predicted molar refractivity (Wildman–Crippen MR) is 138 cm³/mol. The molecular weight excluding hydrogens is 512 g/mol. The fourth-order valence-corrected chi connectivity index (χ4v) is 3.52. The van der Waals surface area contributed by atoms with Crippen LogP contribution in [0.1, 0.15) is 42.5 Å². The molecule has 2 heterocycles. The van der Waals surface area contributed by atoms with Crippen molar-refractivity contribution in [3.05, 3.63) is 72.1 Å². The molecule has 0 aliphatic carbocycles. The van der Waals surface area contributed by atoms with Crippen molar-refractivity contribution in [1.29, 1.82) is 0 Å². The van der Waals surface area contributed by atoms with E-state index in [1.165, 1.54) is 31.9 Å². The van der Waals surface area contributed by atoms with E-state index in [0.717, 1.165) is 4.90 Å². The first kappa shape index (κ1) is 29.1. The number of carbonyl (C=O) groups is 3. The van der Waals surface area contributed by atoms with Crippen molar-refractivity contribution in [3.8, 4) is 11.1 Å². The summed E-state index contributed by atoms with van der Waals surface area (Å²) in [7, 11) is 1.17. The van der Waals surface area contributed by atoms with Gasteiger partial charge in [0.05, 0.1) is 25.0 Å². The maximum absolute atomic E-state index is 13.1.